The molecule has 3 N–H and O–H groups in total. The van der Waals surface area contributed by atoms with Crippen LogP contribution >= 0.6 is 0 Å². The summed E-state index contributed by atoms with van der Waals surface area (Å²) < 4.78 is 0. The molecule has 1 aliphatic heterocycles. The Labute approximate surface area is 163 Å². The predicted octanol–water partition coefficient (Wildman–Crippen LogP) is 2.48. The maximum atomic E-state index is 13.0. The second kappa shape index (κ2) is 12.0. The highest BCUT2D eigenvalue weighted by molar-refractivity contribution is 5.90. The van der Waals surface area contributed by atoms with Crippen LogP contribution in [0.5, 0.6) is 0 Å². The highest BCUT2D eigenvalue weighted by Crippen LogP contribution is 2.18. The SMILES string of the molecule is CC(C)CC[C@H](CC(=O)NO)C(=O)NC(C(=O)N1CCCCCC1)C(C)C. The Bertz CT molecular complexity index is 486. The van der Waals surface area contributed by atoms with Gasteiger partial charge in [-0.25, -0.2) is 5.48 Å². The first-order valence-corrected chi connectivity index (χ1v) is 10.3. The van der Waals surface area contributed by atoms with E-state index >= 15 is 0 Å². The molecule has 7 nitrogen and oxygen atoms in total. The van der Waals surface area contributed by atoms with E-state index in [2.05, 4.69) is 19.2 Å². The minimum atomic E-state index is -0.589. The third kappa shape index (κ3) is 8.28. The van der Waals surface area contributed by atoms with Crippen LogP contribution in [0.4, 0.5) is 0 Å². The van der Waals surface area contributed by atoms with Crippen molar-refractivity contribution in [3.63, 3.8) is 0 Å². The third-order valence-electron chi connectivity index (χ3n) is 5.17. The second-order valence-electron chi connectivity index (χ2n) is 8.38. The normalized spacial score (nSPS) is 17.4. The first kappa shape index (κ1) is 23.4. The average Bonchev–Trinajstić information content (AvgIpc) is 2.91. The lowest BCUT2D eigenvalue weighted by Gasteiger charge is -2.30. The van der Waals surface area contributed by atoms with Crippen LogP contribution in [0.3, 0.4) is 0 Å². The molecule has 1 fully saturated rings. The van der Waals surface area contributed by atoms with E-state index in [4.69, 9.17) is 5.21 Å². The number of likely N-dealkylation sites (tertiary alicyclic amines) is 1. The molecule has 1 unspecified atom stereocenters. The number of hydroxylamine groups is 1. The van der Waals surface area contributed by atoms with Crippen molar-refractivity contribution in [2.45, 2.75) is 78.7 Å². The van der Waals surface area contributed by atoms with Gasteiger partial charge in [0.2, 0.25) is 17.7 Å². The Kier molecular flexibility index (Phi) is 10.4. The fourth-order valence-electron chi connectivity index (χ4n) is 3.40. The van der Waals surface area contributed by atoms with Crippen molar-refractivity contribution in [1.82, 2.24) is 15.7 Å². The highest BCUT2D eigenvalue weighted by atomic mass is 16.5. The zero-order valence-electron chi connectivity index (χ0n) is 17.3. The van der Waals surface area contributed by atoms with Gasteiger partial charge < -0.3 is 10.2 Å². The van der Waals surface area contributed by atoms with E-state index in [1.165, 1.54) is 0 Å². The summed E-state index contributed by atoms with van der Waals surface area (Å²) >= 11 is 0. The highest BCUT2D eigenvalue weighted by Gasteiger charge is 2.31. The van der Waals surface area contributed by atoms with Crippen LogP contribution in [0, 0.1) is 17.8 Å². The molecule has 0 spiro atoms. The van der Waals surface area contributed by atoms with E-state index < -0.39 is 17.9 Å². The lowest BCUT2D eigenvalue weighted by Crippen LogP contribution is -2.53. The maximum Gasteiger partial charge on any atom is 0.245 e. The van der Waals surface area contributed by atoms with Crippen molar-refractivity contribution in [3.05, 3.63) is 0 Å². The average molecular weight is 384 g/mol. The van der Waals surface area contributed by atoms with Crippen molar-refractivity contribution in [1.29, 1.82) is 0 Å². The van der Waals surface area contributed by atoms with Crippen molar-refractivity contribution in [2.75, 3.05) is 13.1 Å². The molecule has 0 radical (unpaired) electrons. The van der Waals surface area contributed by atoms with Crippen molar-refractivity contribution >= 4 is 17.7 Å². The van der Waals surface area contributed by atoms with Crippen LogP contribution < -0.4 is 10.8 Å². The summed E-state index contributed by atoms with van der Waals surface area (Å²) in [4.78, 5) is 39.3. The zero-order chi connectivity index (χ0) is 20.4. The van der Waals surface area contributed by atoms with E-state index in [-0.39, 0.29) is 24.2 Å². The molecule has 2 atom stereocenters. The van der Waals surface area contributed by atoms with Crippen LogP contribution in [0.25, 0.3) is 0 Å². The number of nitrogens with one attached hydrogen (secondary N) is 2. The Hall–Kier alpha value is -1.63. The fraction of sp³-hybridized carbons (Fsp3) is 0.850. The molecule has 0 bridgehead atoms. The molecule has 1 heterocycles. The van der Waals surface area contributed by atoms with Crippen LogP contribution in [-0.4, -0.2) is 47.0 Å². The van der Waals surface area contributed by atoms with Crippen LogP contribution in [-0.2, 0) is 14.4 Å². The Morgan fingerprint density at radius 1 is 0.963 bits per heavy atom. The van der Waals surface area contributed by atoms with E-state index in [0.29, 0.717) is 12.3 Å². The topological polar surface area (TPSA) is 98.7 Å². The van der Waals surface area contributed by atoms with Gasteiger partial charge in [-0.15, -0.1) is 0 Å². The van der Waals surface area contributed by atoms with Crippen molar-refractivity contribution in [3.8, 4) is 0 Å². The maximum absolute atomic E-state index is 13.0. The molecule has 3 amide bonds. The monoisotopic (exact) mass is 383 g/mol. The number of nitrogens with zero attached hydrogens (tertiary/aromatic N) is 1. The Morgan fingerprint density at radius 2 is 1.56 bits per heavy atom. The standard InChI is InChI=1S/C20H37N3O4/c1-14(2)9-10-16(13-17(24)22-27)19(25)21-18(15(3)4)20(26)23-11-7-5-6-8-12-23/h14-16,18,27H,5-13H2,1-4H3,(H,21,25)(H,22,24)/t16-,18?/m1/s1. The Morgan fingerprint density at radius 3 is 2.04 bits per heavy atom. The van der Waals surface area contributed by atoms with Gasteiger partial charge in [0.15, 0.2) is 0 Å². The first-order valence-electron chi connectivity index (χ1n) is 10.3. The first-order chi connectivity index (χ1) is 12.8. The molecule has 7 heteroatoms. The molecular weight excluding hydrogens is 346 g/mol. The number of carbonyl (C=O) groups excluding carboxylic acids is 3. The summed E-state index contributed by atoms with van der Waals surface area (Å²) in [5, 5.41) is 11.7. The summed E-state index contributed by atoms with van der Waals surface area (Å²) in [6, 6.07) is -0.589. The van der Waals surface area contributed by atoms with Gasteiger partial charge in [0.05, 0.1) is 0 Å². The molecule has 27 heavy (non-hydrogen) atoms. The third-order valence-corrected chi connectivity index (χ3v) is 5.17. The summed E-state index contributed by atoms with van der Waals surface area (Å²) in [7, 11) is 0. The quantitative estimate of drug-likeness (QED) is 0.421. The van der Waals surface area contributed by atoms with E-state index in [0.717, 1.165) is 45.2 Å². The van der Waals surface area contributed by atoms with Gasteiger partial charge in [-0.3, -0.25) is 19.6 Å². The van der Waals surface area contributed by atoms with Gasteiger partial charge in [0.25, 0.3) is 0 Å². The van der Waals surface area contributed by atoms with Gasteiger partial charge in [-0.1, -0.05) is 47.0 Å². The molecule has 0 aromatic carbocycles. The Balaban J connectivity index is 2.81. The molecule has 0 aromatic rings. The predicted molar refractivity (Wildman–Crippen MR) is 104 cm³/mol. The number of amides is 3. The van der Waals surface area contributed by atoms with Crippen LogP contribution in [0.2, 0.25) is 0 Å². The zero-order valence-corrected chi connectivity index (χ0v) is 17.3. The minimum Gasteiger partial charge on any atom is -0.344 e. The summed E-state index contributed by atoms with van der Waals surface area (Å²) in [6.45, 7) is 9.43. The lowest BCUT2D eigenvalue weighted by atomic mass is 9.93. The smallest absolute Gasteiger partial charge is 0.245 e. The van der Waals surface area contributed by atoms with Gasteiger partial charge in [-0.05, 0) is 31.1 Å². The fourth-order valence-corrected chi connectivity index (χ4v) is 3.40. The summed E-state index contributed by atoms with van der Waals surface area (Å²) in [6.07, 6.45) is 5.52. The molecule has 0 aliphatic carbocycles. The number of hydrogen-bond donors (Lipinski definition) is 3. The van der Waals surface area contributed by atoms with Gasteiger partial charge in [0, 0.05) is 25.4 Å². The van der Waals surface area contributed by atoms with Crippen molar-refractivity contribution < 1.29 is 19.6 Å². The minimum absolute atomic E-state index is 0.0329. The molecule has 1 aliphatic rings. The lowest BCUT2D eigenvalue weighted by molar-refractivity contribution is -0.140. The molecular formula is C20H37N3O4. The largest absolute Gasteiger partial charge is 0.344 e. The number of hydrogen-bond acceptors (Lipinski definition) is 4. The van der Waals surface area contributed by atoms with E-state index in [1.807, 2.05) is 18.7 Å². The number of rotatable bonds is 9. The molecule has 0 saturated carbocycles. The van der Waals surface area contributed by atoms with Crippen LogP contribution in [0.1, 0.15) is 72.6 Å². The molecule has 1 saturated heterocycles. The van der Waals surface area contributed by atoms with Gasteiger partial charge >= 0.3 is 0 Å². The second-order valence-corrected chi connectivity index (χ2v) is 8.38. The molecule has 0 aromatic heterocycles. The summed E-state index contributed by atoms with van der Waals surface area (Å²) in [5.74, 6) is -1.11. The molecule has 156 valence electrons. The van der Waals surface area contributed by atoms with Crippen LogP contribution in [0.15, 0.2) is 0 Å². The van der Waals surface area contributed by atoms with Gasteiger partial charge in [-0.2, -0.15) is 0 Å². The van der Waals surface area contributed by atoms with E-state index in [9.17, 15) is 14.4 Å². The van der Waals surface area contributed by atoms with Crippen molar-refractivity contribution in [2.24, 2.45) is 17.8 Å². The van der Waals surface area contributed by atoms with E-state index in [1.54, 1.807) is 5.48 Å². The van der Waals surface area contributed by atoms with Gasteiger partial charge in [0.1, 0.15) is 6.04 Å². The molecule has 1 rings (SSSR count). The number of carbonyl (C=O) groups is 3. The summed E-state index contributed by atoms with van der Waals surface area (Å²) in [5.41, 5.74) is 1.60.